The van der Waals surface area contributed by atoms with Gasteiger partial charge < -0.3 is 31.7 Å². The van der Waals surface area contributed by atoms with Crippen LogP contribution in [0.5, 0.6) is 0 Å². The summed E-state index contributed by atoms with van der Waals surface area (Å²) in [5.41, 5.74) is 6.37. The van der Waals surface area contributed by atoms with E-state index >= 15 is 0 Å². The molecule has 0 aliphatic heterocycles. The number of carboxylic acid groups (broad SMARTS) is 1. The number of benzene rings is 1. The SMILES string of the molecule is CCC(=O)NC(CCN(C)C)CNC(=O)CC(CC(=O)CCC(=O)Nc1ccc(C(=N)N)cc1)C(=O)O. The monoisotopic (exact) mass is 518 g/mol. The Kier molecular flexibility index (Phi) is 13.5. The van der Waals surface area contributed by atoms with Crippen molar-refractivity contribution < 1.29 is 29.1 Å². The average Bonchev–Trinajstić information content (AvgIpc) is 2.84. The number of Topliss-reactive ketones (excluding diaryl/α,β-unsaturated/α-hetero) is 1. The molecule has 12 heteroatoms. The number of nitrogens with zero attached hydrogens (tertiary/aromatic N) is 1. The number of rotatable bonds is 17. The molecule has 204 valence electrons. The van der Waals surface area contributed by atoms with E-state index in [1.54, 1.807) is 31.2 Å². The van der Waals surface area contributed by atoms with Crippen molar-refractivity contribution in [1.29, 1.82) is 5.41 Å². The van der Waals surface area contributed by atoms with E-state index in [2.05, 4.69) is 16.0 Å². The lowest BCUT2D eigenvalue weighted by atomic mass is 9.96. The van der Waals surface area contributed by atoms with E-state index in [9.17, 15) is 29.1 Å². The lowest BCUT2D eigenvalue weighted by Crippen LogP contribution is -2.45. The fourth-order valence-electron chi connectivity index (χ4n) is 3.34. The smallest absolute Gasteiger partial charge is 0.307 e. The lowest BCUT2D eigenvalue weighted by Gasteiger charge is -2.21. The molecule has 2 unspecified atom stereocenters. The van der Waals surface area contributed by atoms with Crippen molar-refractivity contribution in [1.82, 2.24) is 15.5 Å². The molecule has 1 aromatic carbocycles. The number of ketones is 1. The highest BCUT2D eigenvalue weighted by atomic mass is 16.4. The Morgan fingerprint density at radius 1 is 1.00 bits per heavy atom. The number of nitrogens with one attached hydrogen (secondary N) is 4. The van der Waals surface area contributed by atoms with Crippen molar-refractivity contribution in [3.8, 4) is 0 Å². The molecule has 0 aliphatic rings. The van der Waals surface area contributed by atoms with Gasteiger partial charge in [0.25, 0.3) is 0 Å². The van der Waals surface area contributed by atoms with Crippen LogP contribution >= 0.6 is 0 Å². The maximum atomic E-state index is 12.4. The summed E-state index contributed by atoms with van der Waals surface area (Å²) in [6.07, 6.45) is -0.171. The lowest BCUT2D eigenvalue weighted by molar-refractivity contribution is -0.145. The zero-order valence-electron chi connectivity index (χ0n) is 21.6. The van der Waals surface area contributed by atoms with Crippen LogP contribution in [0.15, 0.2) is 24.3 Å². The van der Waals surface area contributed by atoms with Crippen molar-refractivity contribution in [3.05, 3.63) is 29.8 Å². The number of hydrogen-bond acceptors (Lipinski definition) is 7. The topological polar surface area (TPSA) is 195 Å². The minimum absolute atomic E-state index is 0.0995. The Hall–Kier alpha value is -3.80. The highest BCUT2D eigenvalue weighted by Crippen LogP contribution is 2.14. The van der Waals surface area contributed by atoms with E-state index in [1.807, 2.05) is 19.0 Å². The van der Waals surface area contributed by atoms with E-state index in [1.165, 1.54) is 0 Å². The van der Waals surface area contributed by atoms with Crippen molar-refractivity contribution >= 4 is 41.0 Å². The van der Waals surface area contributed by atoms with Crippen LogP contribution < -0.4 is 21.7 Å². The number of nitrogens with two attached hydrogens (primary N) is 1. The van der Waals surface area contributed by atoms with Gasteiger partial charge >= 0.3 is 5.97 Å². The Labute approximate surface area is 216 Å². The van der Waals surface area contributed by atoms with Crippen molar-refractivity contribution in [3.63, 3.8) is 0 Å². The maximum Gasteiger partial charge on any atom is 0.307 e. The van der Waals surface area contributed by atoms with Gasteiger partial charge in [-0.2, -0.15) is 0 Å². The van der Waals surface area contributed by atoms with Crippen LogP contribution in [0, 0.1) is 11.3 Å². The van der Waals surface area contributed by atoms with Gasteiger partial charge in [0.15, 0.2) is 0 Å². The predicted octanol–water partition coefficient (Wildman–Crippen LogP) is 0.702. The summed E-state index contributed by atoms with van der Waals surface area (Å²) in [5, 5.41) is 24.9. The largest absolute Gasteiger partial charge is 0.481 e. The number of hydrogen-bond donors (Lipinski definition) is 6. The molecule has 0 aliphatic carbocycles. The van der Waals surface area contributed by atoms with Gasteiger partial charge in [0.1, 0.15) is 11.6 Å². The Morgan fingerprint density at radius 2 is 1.65 bits per heavy atom. The molecule has 12 nitrogen and oxygen atoms in total. The van der Waals surface area contributed by atoms with E-state index in [0.717, 1.165) is 0 Å². The summed E-state index contributed by atoms with van der Waals surface area (Å²) in [5.74, 6) is -4.15. The van der Waals surface area contributed by atoms with Crippen LogP contribution in [0.25, 0.3) is 0 Å². The number of amides is 3. The molecule has 0 fully saturated rings. The summed E-state index contributed by atoms with van der Waals surface area (Å²) < 4.78 is 0. The molecule has 0 saturated heterocycles. The maximum absolute atomic E-state index is 12.4. The molecule has 0 bridgehead atoms. The first-order valence-electron chi connectivity index (χ1n) is 12.1. The predicted molar refractivity (Wildman–Crippen MR) is 139 cm³/mol. The fraction of sp³-hybridized carbons (Fsp3) is 0.520. The van der Waals surface area contributed by atoms with Gasteiger partial charge in [-0.1, -0.05) is 6.92 Å². The zero-order chi connectivity index (χ0) is 28.0. The molecule has 0 saturated carbocycles. The van der Waals surface area contributed by atoms with Crippen molar-refractivity contribution in [2.45, 2.75) is 51.5 Å². The van der Waals surface area contributed by atoms with Gasteiger partial charge in [0, 0.05) is 55.9 Å². The second kappa shape index (κ2) is 16.0. The average molecular weight is 519 g/mol. The van der Waals surface area contributed by atoms with Crippen LogP contribution in [-0.4, -0.2) is 78.5 Å². The molecule has 0 radical (unpaired) electrons. The summed E-state index contributed by atoms with van der Waals surface area (Å²) in [6.45, 7) is 2.56. The standard InChI is InChI=1S/C25H38N6O6/c1-4-21(33)30-19(11-12-31(2)3)15-28-23(35)14-17(25(36)37)13-20(32)9-10-22(34)29-18-7-5-16(6-8-18)24(26)27/h5-8,17,19H,4,9-15H2,1-3H3,(H3,26,27)(H,28,35)(H,29,34)(H,30,33)(H,36,37). The molecule has 0 spiro atoms. The van der Waals surface area contributed by atoms with Gasteiger partial charge in [0.2, 0.25) is 17.7 Å². The number of carbonyl (C=O) groups is 5. The minimum Gasteiger partial charge on any atom is -0.481 e. The molecule has 3 amide bonds. The van der Waals surface area contributed by atoms with E-state index in [4.69, 9.17) is 11.1 Å². The third-order valence-electron chi connectivity index (χ3n) is 5.52. The second-order valence-corrected chi connectivity index (χ2v) is 9.04. The van der Waals surface area contributed by atoms with Crippen LogP contribution in [0.1, 0.15) is 51.0 Å². The number of amidine groups is 1. The first-order chi connectivity index (χ1) is 17.4. The molecule has 1 rings (SSSR count). The van der Waals surface area contributed by atoms with Crippen LogP contribution in [0.3, 0.4) is 0 Å². The molecule has 2 atom stereocenters. The quantitative estimate of drug-likeness (QED) is 0.128. The van der Waals surface area contributed by atoms with E-state index in [0.29, 0.717) is 30.6 Å². The number of aliphatic carboxylic acids is 1. The van der Waals surface area contributed by atoms with Gasteiger partial charge in [-0.05, 0) is 51.3 Å². The normalized spacial score (nSPS) is 12.3. The molecular weight excluding hydrogens is 480 g/mol. The number of carboxylic acids is 1. The third kappa shape index (κ3) is 13.2. The molecule has 1 aromatic rings. The van der Waals surface area contributed by atoms with Gasteiger partial charge in [-0.15, -0.1) is 0 Å². The number of carbonyl (C=O) groups excluding carboxylic acids is 4. The molecule has 7 N–H and O–H groups in total. The summed E-state index contributed by atoms with van der Waals surface area (Å²) in [4.78, 5) is 62.2. The number of nitrogen functional groups attached to an aromatic ring is 1. The minimum atomic E-state index is -1.28. The molecular formula is C25H38N6O6. The Balaban J connectivity index is 2.53. The Morgan fingerprint density at radius 3 is 2.19 bits per heavy atom. The highest BCUT2D eigenvalue weighted by Gasteiger charge is 2.25. The summed E-state index contributed by atoms with van der Waals surface area (Å²) in [7, 11) is 3.78. The molecule has 0 aromatic heterocycles. The fourth-order valence-corrected chi connectivity index (χ4v) is 3.34. The Bertz CT molecular complexity index is 963. The first kappa shape index (κ1) is 31.2. The summed E-state index contributed by atoms with van der Waals surface area (Å²) in [6, 6.07) is 6.00. The zero-order valence-corrected chi connectivity index (χ0v) is 21.6. The van der Waals surface area contributed by atoms with Gasteiger partial charge in [-0.25, -0.2) is 0 Å². The van der Waals surface area contributed by atoms with Crippen molar-refractivity contribution in [2.75, 3.05) is 32.5 Å². The van der Waals surface area contributed by atoms with Crippen LogP contribution in [0.2, 0.25) is 0 Å². The highest BCUT2D eigenvalue weighted by molar-refractivity contribution is 5.97. The first-order valence-corrected chi connectivity index (χ1v) is 12.1. The summed E-state index contributed by atoms with van der Waals surface area (Å²) >= 11 is 0. The number of anilines is 1. The van der Waals surface area contributed by atoms with Crippen molar-refractivity contribution in [2.24, 2.45) is 11.7 Å². The van der Waals surface area contributed by atoms with E-state index in [-0.39, 0.29) is 43.6 Å². The van der Waals surface area contributed by atoms with Gasteiger partial charge in [0.05, 0.1) is 5.92 Å². The third-order valence-corrected chi connectivity index (χ3v) is 5.52. The molecule has 37 heavy (non-hydrogen) atoms. The molecule has 0 heterocycles. The van der Waals surface area contributed by atoms with Crippen LogP contribution in [0.4, 0.5) is 5.69 Å². The van der Waals surface area contributed by atoms with Crippen LogP contribution in [-0.2, 0) is 24.0 Å². The second-order valence-electron chi connectivity index (χ2n) is 9.04. The van der Waals surface area contributed by atoms with E-state index < -0.39 is 35.9 Å². The van der Waals surface area contributed by atoms with Gasteiger partial charge in [-0.3, -0.25) is 29.4 Å².